The molecular formula is C5H9IO2. The van der Waals surface area contributed by atoms with Gasteiger partial charge in [-0.05, 0) is 29.5 Å². The molecule has 3 heteroatoms. The van der Waals surface area contributed by atoms with Crippen molar-refractivity contribution in [2.24, 2.45) is 5.92 Å². The van der Waals surface area contributed by atoms with Gasteiger partial charge in [-0.25, -0.2) is 0 Å². The Labute approximate surface area is 62.4 Å². The summed E-state index contributed by atoms with van der Waals surface area (Å²) in [6.07, 6.45) is -0.514. The fraction of sp³-hybridized carbons (Fsp3) is 0.800. The van der Waals surface area contributed by atoms with Gasteiger partial charge in [0.05, 0.1) is 12.0 Å². The first-order valence-electron chi connectivity index (χ1n) is 2.43. The van der Waals surface area contributed by atoms with E-state index in [0.29, 0.717) is 0 Å². The van der Waals surface area contributed by atoms with Crippen LogP contribution in [0, 0.1) is 5.92 Å². The summed E-state index contributed by atoms with van der Waals surface area (Å²) < 4.78 is 0.0117. The zero-order valence-electron chi connectivity index (χ0n) is 4.89. The lowest BCUT2D eigenvalue weighted by Crippen LogP contribution is -2.18. The van der Waals surface area contributed by atoms with Gasteiger partial charge in [0.15, 0.2) is 3.79 Å². The number of carbonyl (C=O) groups excluding carboxylic acids is 1. The van der Waals surface area contributed by atoms with Gasteiger partial charge in [-0.3, -0.25) is 4.79 Å². The first-order valence-corrected chi connectivity index (χ1v) is 3.51. The maximum absolute atomic E-state index is 10.4. The largest absolute Gasteiger partial charge is 0.393 e. The molecule has 0 amide bonds. The molecule has 2 nitrogen and oxygen atoms in total. The lowest BCUT2D eigenvalue weighted by atomic mass is 10.1. The van der Waals surface area contributed by atoms with Gasteiger partial charge < -0.3 is 5.11 Å². The molecule has 0 rings (SSSR count). The number of hydrogen-bond donors (Lipinski definition) is 1. The van der Waals surface area contributed by atoms with E-state index in [2.05, 4.69) is 0 Å². The van der Waals surface area contributed by atoms with E-state index in [1.807, 2.05) is 0 Å². The van der Waals surface area contributed by atoms with Gasteiger partial charge in [0, 0.05) is 0 Å². The number of aliphatic hydroxyl groups excluding tert-OH is 1. The monoisotopic (exact) mass is 228 g/mol. The average Bonchev–Trinajstić information content (AvgIpc) is 1.64. The van der Waals surface area contributed by atoms with Crippen LogP contribution in [0.25, 0.3) is 0 Å². The maximum atomic E-state index is 10.4. The molecule has 0 heterocycles. The Bertz CT molecular complexity index is 90.4. The number of hydrogen-bond acceptors (Lipinski definition) is 2. The molecule has 48 valence electrons. The Morgan fingerprint density at radius 1 is 1.62 bits per heavy atom. The molecule has 0 saturated heterocycles. The molecule has 0 aromatic rings. The van der Waals surface area contributed by atoms with E-state index in [0.717, 1.165) is 0 Å². The van der Waals surface area contributed by atoms with Gasteiger partial charge in [-0.2, -0.15) is 0 Å². The summed E-state index contributed by atoms with van der Waals surface area (Å²) in [5.74, 6) is -0.226. The van der Waals surface area contributed by atoms with Crippen molar-refractivity contribution in [1.82, 2.24) is 0 Å². The summed E-state index contributed by atoms with van der Waals surface area (Å²) in [7, 11) is 0. The molecule has 0 fully saturated rings. The topological polar surface area (TPSA) is 37.3 Å². The summed E-state index contributed by atoms with van der Waals surface area (Å²) >= 11 is 1.68. The van der Waals surface area contributed by atoms with E-state index >= 15 is 0 Å². The highest BCUT2D eigenvalue weighted by Crippen LogP contribution is 2.07. The second kappa shape index (κ2) is 3.40. The molecule has 8 heavy (non-hydrogen) atoms. The number of rotatable bonds is 2. The highest BCUT2D eigenvalue weighted by molar-refractivity contribution is 14.1. The fourth-order valence-electron chi connectivity index (χ4n) is 0.190. The summed E-state index contributed by atoms with van der Waals surface area (Å²) in [4.78, 5) is 10.4. The molecule has 2 atom stereocenters. The van der Waals surface area contributed by atoms with Gasteiger partial charge in [0.2, 0.25) is 0 Å². The SMILES string of the molecule is CC(O)C(C)C(=O)I. The van der Waals surface area contributed by atoms with Crippen LogP contribution in [0.15, 0.2) is 0 Å². The first kappa shape index (κ1) is 8.36. The van der Waals surface area contributed by atoms with Gasteiger partial charge in [-0.1, -0.05) is 6.92 Å². The molecule has 0 spiro atoms. The lowest BCUT2D eigenvalue weighted by Gasteiger charge is -2.07. The van der Waals surface area contributed by atoms with E-state index < -0.39 is 6.10 Å². The van der Waals surface area contributed by atoms with E-state index in [1.165, 1.54) is 0 Å². The van der Waals surface area contributed by atoms with Crippen LogP contribution in [-0.4, -0.2) is 15.0 Å². The van der Waals surface area contributed by atoms with E-state index in [9.17, 15) is 4.79 Å². The summed E-state index contributed by atoms with van der Waals surface area (Å²) in [6, 6.07) is 0. The first-order chi connectivity index (χ1) is 3.55. The molecule has 0 radical (unpaired) electrons. The highest BCUT2D eigenvalue weighted by atomic mass is 127. The Hall–Kier alpha value is 0.360. The molecule has 0 aliphatic carbocycles. The van der Waals surface area contributed by atoms with Crippen LogP contribution >= 0.6 is 22.6 Å². The summed E-state index contributed by atoms with van der Waals surface area (Å²) in [6.45, 7) is 3.32. The molecule has 0 bridgehead atoms. The van der Waals surface area contributed by atoms with Gasteiger partial charge >= 0.3 is 0 Å². The van der Waals surface area contributed by atoms with Crippen molar-refractivity contribution < 1.29 is 9.90 Å². The third kappa shape index (κ3) is 2.61. The van der Waals surface area contributed by atoms with Crippen molar-refractivity contribution >= 4 is 26.4 Å². The van der Waals surface area contributed by atoms with Crippen molar-refractivity contribution in [2.45, 2.75) is 20.0 Å². The van der Waals surface area contributed by atoms with E-state index in [-0.39, 0.29) is 9.71 Å². The van der Waals surface area contributed by atoms with Gasteiger partial charge in [0.1, 0.15) is 0 Å². The normalized spacial score (nSPS) is 17.5. The Morgan fingerprint density at radius 2 is 2.00 bits per heavy atom. The van der Waals surface area contributed by atoms with Crippen molar-refractivity contribution in [3.63, 3.8) is 0 Å². The number of halogens is 1. The molecular weight excluding hydrogens is 219 g/mol. The molecule has 0 saturated carbocycles. The third-order valence-electron chi connectivity index (χ3n) is 1.08. The minimum atomic E-state index is -0.514. The van der Waals surface area contributed by atoms with Crippen LogP contribution in [0.1, 0.15) is 13.8 Å². The predicted octanol–water partition coefficient (Wildman–Crippen LogP) is 0.965. The summed E-state index contributed by atoms with van der Waals surface area (Å²) in [5, 5.41) is 8.77. The van der Waals surface area contributed by atoms with Gasteiger partial charge in [-0.15, -0.1) is 0 Å². The molecule has 0 aliphatic rings. The Morgan fingerprint density at radius 3 is 2.00 bits per heavy atom. The van der Waals surface area contributed by atoms with Crippen molar-refractivity contribution in [2.75, 3.05) is 0 Å². The van der Waals surface area contributed by atoms with Crippen molar-refractivity contribution in [1.29, 1.82) is 0 Å². The second-order valence-electron chi connectivity index (χ2n) is 1.83. The molecule has 0 aliphatic heterocycles. The Kier molecular flexibility index (Phi) is 3.55. The Balaban J connectivity index is 3.64. The number of carbonyl (C=O) groups is 1. The van der Waals surface area contributed by atoms with Crippen LogP contribution < -0.4 is 0 Å². The van der Waals surface area contributed by atoms with Crippen LogP contribution in [0.2, 0.25) is 0 Å². The van der Waals surface area contributed by atoms with Crippen LogP contribution in [0.4, 0.5) is 0 Å². The van der Waals surface area contributed by atoms with Crippen LogP contribution in [0.3, 0.4) is 0 Å². The minimum Gasteiger partial charge on any atom is -0.393 e. The standard InChI is InChI=1S/C5H9IO2/c1-3(4(2)7)5(6)8/h3-4,7H,1-2H3. The van der Waals surface area contributed by atoms with Crippen LogP contribution in [0.5, 0.6) is 0 Å². The minimum absolute atomic E-state index is 0.0117. The predicted molar refractivity (Wildman–Crippen MR) is 39.9 cm³/mol. The highest BCUT2D eigenvalue weighted by Gasteiger charge is 2.13. The van der Waals surface area contributed by atoms with Crippen molar-refractivity contribution in [3.8, 4) is 0 Å². The van der Waals surface area contributed by atoms with E-state index in [1.54, 1.807) is 36.4 Å². The molecule has 0 aromatic carbocycles. The third-order valence-corrected chi connectivity index (χ3v) is 2.06. The quantitative estimate of drug-likeness (QED) is 0.564. The zero-order valence-corrected chi connectivity index (χ0v) is 7.05. The molecule has 2 unspecified atom stereocenters. The van der Waals surface area contributed by atoms with E-state index in [4.69, 9.17) is 5.11 Å². The molecule has 0 aromatic heterocycles. The van der Waals surface area contributed by atoms with Gasteiger partial charge in [0.25, 0.3) is 0 Å². The smallest absolute Gasteiger partial charge is 0.197 e. The summed E-state index contributed by atoms with van der Waals surface area (Å²) in [5.41, 5.74) is 0. The van der Waals surface area contributed by atoms with Crippen LogP contribution in [-0.2, 0) is 4.79 Å². The zero-order chi connectivity index (χ0) is 6.73. The maximum Gasteiger partial charge on any atom is 0.197 e. The molecule has 1 N–H and O–H groups in total. The van der Waals surface area contributed by atoms with Crippen molar-refractivity contribution in [3.05, 3.63) is 0 Å². The second-order valence-corrected chi connectivity index (χ2v) is 2.90. The number of aliphatic hydroxyl groups is 1. The average molecular weight is 228 g/mol. The fourth-order valence-corrected chi connectivity index (χ4v) is 0.710. The lowest BCUT2D eigenvalue weighted by molar-refractivity contribution is -0.114.